The number of nitrogens with zero attached hydrogens (tertiary/aromatic N) is 2. The fourth-order valence-corrected chi connectivity index (χ4v) is 2.97. The first-order valence-corrected chi connectivity index (χ1v) is 8.94. The molecule has 1 amide bonds. The van der Waals surface area contributed by atoms with Crippen LogP contribution in [0.15, 0.2) is 60.8 Å². The van der Waals surface area contributed by atoms with E-state index in [0.717, 1.165) is 11.3 Å². The highest BCUT2D eigenvalue weighted by molar-refractivity contribution is 5.95. The van der Waals surface area contributed by atoms with E-state index in [-0.39, 0.29) is 11.7 Å². The molecule has 0 saturated heterocycles. The summed E-state index contributed by atoms with van der Waals surface area (Å²) in [7, 11) is 0. The van der Waals surface area contributed by atoms with Crippen molar-refractivity contribution in [1.82, 2.24) is 15.1 Å². The highest BCUT2D eigenvalue weighted by atomic mass is 19.1. The molecule has 2 N–H and O–H groups in total. The summed E-state index contributed by atoms with van der Waals surface area (Å²) in [5.41, 5.74) is 2.76. The third-order valence-corrected chi connectivity index (χ3v) is 4.41. The lowest BCUT2D eigenvalue weighted by molar-refractivity contribution is 0.0941. The predicted octanol–water partition coefficient (Wildman–Crippen LogP) is 3.43. The van der Waals surface area contributed by atoms with E-state index < -0.39 is 6.10 Å². The smallest absolute Gasteiger partial charge is 0.254 e. The van der Waals surface area contributed by atoms with Crippen LogP contribution in [-0.2, 0) is 6.42 Å². The van der Waals surface area contributed by atoms with E-state index in [9.17, 15) is 14.3 Å². The summed E-state index contributed by atoms with van der Waals surface area (Å²) in [5, 5.41) is 17.3. The van der Waals surface area contributed by atoms with Crippen LogP contribution < -0.4 is 5.32 Å². The molecule has 0 bridgehead atoms. The Labute approximate surface area is 157 Å². The molecule has 2 aromatic carbocycles. The van der Waals surface area contributed by atoms with Crippen LogP contribution in [0.4, 0.5) is 4.39 Å². The van der Waals surface area contributed by atoms with Crippen LogP contribution in [-0.4, -0.2) is 27.3 Å². The molecule has 5 nitrogen and oxygen atoms in total. The number of carbonyl (C=O) groups excluding carboxylic acids is 1. The predicted molar refractivity (Wildman–Crippen MR) is 101 cm³/mol. The maximum Gasteiger partial charge on any atom is 0.254 e. The van der Waals surface area contributed by atoms with Gasteiger partial charge in [0.2, 0.25) is 0 Å². The van der Waals surface area contributed by atoms with Crippen molar-refractivity contribution in [2.45, 2.75) is 25.9 Å². The molecule has 1 heterocycles. The van der Waals surface area contributed by atoms with Crippen molar-refractivity contribution in [3.63, 3.8) is 0 Å². The molecule has 3 rings (SSSR count). The average Bonchev–Trinajstić information content (AvgIpc) is 3.13. The number of carbonyl (C=O) groups is 1. The fraction of sp³-hybridized carbons (Fsp3) is 0.238. The van der Waals surface area contributed by atoms with Gasteiger partial charge < -0.3 is 10.4 Å². The average molecular weight is 367 g/mol. The third-order valence-electron chi connectivity index (χ3n) is 4.41. The maximum atomic E-state index is 13.1. The molecule has 0 spiro atoms. The molecular weight excluding hydrogens is 345 g/mol. The number of hydrogen-bond donors (Lipinski definition) is 2. The van der Waals surface area contributed by atoms with Gasteiger partial charge in [0.15, 0.2) is 0 Å². The van der Waals surface area contributed by atoms with Crippen LogP contribution in [0, 0.1) is 5.82 Å². The van der Waals surface area contributed by atoms with E-state index in [0.29, 0.717) is 30.6 Å². The maximum absolute atomic E-state index is 13.1. The Bertz CT molecular complexity index is 892. The van der Waals surface area contributed by atoms with E-state index in [1.54, 1.807) is 16.8 Å². The van der Waals surface area contributed by atoms with Gasteiger partial charge in [-0.05, 0) is 42.7 Å². The topological polar surface area (TPSA) is 67.2 Å². The zero-order valence-corrected chi connectivity index (χ0v) is 15.1. The number of hydrogen-bond acceptors (Lipinski definition) is 3. The lowest BCUT2D eigenvalue weighted by Crippen LogP contribution is -2.26. The van der Waals surface area contributed by atoms with Crippen molar-refractivity contribution in [2.75, 3.05) is 6.54 Å². The minimum Gasteiger partial charge on any atom is -0.388 e. The Morgan fingerprint density at radius 3 is 2.56 bits per heavy atom. The summed E-state index contributed by atoms with van der Waals surface area (Å²) in [4.78, 5) is 12.5. The molecule has 1 aromatic heterocycles. The quantitative estimate of drug-likeness (QED) is 0.672. The first-order chi connectivity index (χ1) is 13.1. The molecule has 0 fully saturated rings. The zero-order valence-electron chi connectivity index (χ0n) is 15.1. The first-order valence-electron chi connectivity index (χ1n) is 8.94. The number of nitrogens with one attached hydrogen (secondary N) is 1. The Hall–Kier alpha value is -2.99. The Kier molecular flexibility index (Phi) is 5.98. The second-order valence-electron chi connectivity index (χ2n) is 6.22. The van der Waals surface area contributed by atoms with Gasteiger partial charge in [0.25, 0.3) is 5.91 Å². The molecule has 27 heavy (non-hydrogen) atoms. The largest absolute Gasteiger partial charge is 0.388 e. The van der Waals surface area contributed by atoms with Crippen molar-refractivity contribution in [3.8, 4) is 5.69 Å². The van der Waals surface area contributed by atoms with Gasteiger partial charge >= 0.3 is 0 Å². The summed E-state index contributed by atoms with van der Waals surface area (Å²) in [6, 6.07) is 15.3. The number of aromatic nitrogens is 2. The Balaban J connectivity index is 1.65. The number of halogens is 1. The van der Waals surface area contributed by atoms with E-state index in [2.05, 4.69) is 10.4 Å². The number of aliphatic hydroxyl groups excluding tert-OH is 1. The van der Waals surface area contributed by atoms with Crippen molar-refractivity contribution < 1.29 is 14.3 Å². The summed E-state index contributed by atoms with van der Waals surface area (Å²) in [5.74, 6) is -0.556. The van der Waals surface area contributed by atoms with Crippen LogP contribution in [0.25, 0.3) is 5.69 Å². The highest BCUT2D eigenvalue weighted by Crippen LogP contribution is 2.17. The van der Waals surface area contributed by atoms with Gasteiger partial charge in [0.05, 0.1) is 29.2 Å². The van der Waals surface area contributed by atoms with E-state index in [1.165, 1.54) is 18.3 Å². The monoisotopic (exact) mass is 367 g/mol. The van der Waals surface area contributed by atoms with Crippen LogP contribution in [0.3, 0.4) is 0 Å². The normalized spacial score (nSPS) is 12.0. The molecule has 0 aliphatic heterocycles. The summed E-state index contributed by atoms with van der Waals surface area (Å²) in [6.45, 7) is 2.28. The van der Waals surface area contributed by atoms with Crippen molar-refractivity contribution in [1.29, 1.82) is 0 Å². The zero-order chi connectivity index (χ0) is 19.2. The minimum atomic E-state index is -0.626. The molecule has 0 aliphatic carbocycles. The first kappa shape index (κ1) is 18.8. The molecule has 1 atom stereocenters. The van der Waals surface area contributed by atoms with E-state index >= 15 is 0 Å². The van der Waals surface area contributed by atoms with Gasteiger partial charge in [-0.3, -0.25) is 4.79 Å². The summed E-state index contributed by atoms with van der Waals surface area (Å²) >= 11 is 0. The third kappa shape index (κ3) is 4.41. The van der Waals surface area contributed by atoms with Gasteiger partial charge in [0.1, 0.15) is 5.82 Å². The Morgan fingerprint density at radius 1 is 1.19 bits per heavy atom. The lowest BCUT2D eigenvalue weighted by Gasteiger charge is -2.12. The molecule has 0 aliphatic rings. The fourth-order valence-electron chi connectivity index (χ4n) is 2.97. The molecule has 6 heteroatoms. The van der Waals surface area contributed by atoms with Crippen molar-refractivity contribution in [2.24, 2.45) is 0 Å². The Morgan fingerprint density at radius 2 is 1.89 bits per heavy atom. The van der Waals surface area contributed by atoms with Crippen molar-refractivity contribution in [3.05, 3.63) is 83.4 Å². The van der Waals surface area contributed by atoms with Gasteiger partial charge in [-0.15, -0.1) is 0 Å². The number of benzene rings is 2. The van der Waals surface area contributed by atoms with Crippen LogP contribution in [0.1, 0.15) is 41.1 Å². The second kappa shape index (κ2) is 8.60. The number of rotatable bonds is 7. The SMILES string of the molecule is CCc1c(C(=O)NCCC(O)c2ccccc2)cnn1-c1ccc(F)cc1. The van der Waals surface area contributed by atoms with Gasteiger partial charge in [-0.1, -0.05) is 37.3 Å². The highest BCUT2D eigenvalue weighted by Gasteiger charge is 2.17. The summed E-state index contributed by atoms with van der Waals surface area (Å²) < 4.78 is 14.8. The molecule has 0 saturated carbocycles. The van der Waals surface area contributed by atoms with Gasteiger partial charge in [-0.25, -0.2) is 9.07 Å². The van der Waals surface area contributed by atoms with Crippen molar-refractivity contribution >= 4 is 5.91 Å². The number of amides is 1. The molecule has 1 unspecified atom stereocenters. The van der Waals surface area contributed by atoms with E-state index in [4.69, 9.17) is 0 Å². The molecule has 140 valence electrons. The standard InChI is InChI=1S/C21H22FN3O2/c1-2-19-18(14-24-25(19)17-10-8-16(22)9-11-17)21(27)23-13-12-20(26)15-6-4-3-5-7-15/h3-11,14,20,26H,2,12-13H2,1H3,(H,23,27). The molecule has 3 aromatic rings. The van der Waals surface area contributed by atoms with Crippen LogP contribution in [0.2, 0.25) is 0 Å². The van der Waals surface area contributed by atoms with Gasteiger partial charge in [-0.2, -0.15) is 5.10 Å². The second-order valence-corrected chi connectivity index (χ2v) is 6.22. The van der Waals surface area contributed by atoms with Gasteiger partial charge in [0, 0.05) is 6.54 Å². The lowest BCUT2D eigenvalue weighted by atomic mass is 10.1. The van der Waals surface area contributed by atoms with Crippen LogP contribution in [0.5, 0.6) is 0 Å². The molecular formula is C21H22FN3O2. The van der Waals surface area contributed by atoms with E-state index in [1.807, 2.05) is 37.3 Å². The van der Waals surface area contributed by atoms with Crippen LogP contribution >= 0.6 is 0 Å². The summed E-state index contributed by atoms with van der Waals surface area (Å²) in [6.07, 6.45) is 1.92. The molecule has 0 radical (unpaired) electrons. The minimum absolute atomic E-state index is 0.236. The number of aliphatic hydroxyl groups is 1.